The van der Waals surface area contributed by atoms with E-state index in [9.17, 15) is 9.90 Å². The van der Waals surface area contributed by atoms with E-state index in [2.05, 4.69) is 22.6 Å². The van der Waals surface area contributed by atoms with E-state index in [1.54, 1.807) is 4.90 Å². The maximum atomic E-state index is 11.9. The second-order valence-electron chi connectivity index (χ2n) is 3.29. The van der Waals surface area contributed by atoms with E-state index in [1.165, 1.54) is 11.3 Å². The van der Waals surface area contributed by atoms with Crippen molar-refractivity contribution in [2.75, 3.05) is 13.1 Å². The van der Waals surface area contributed by atoms with E-state index in [-0.39, 0.29) is 12.0 Å². The van der Waals surface area contributed by atoms with E-state index in [0.29, 0.717) is 19.5 Å². The molecule has 2 heterocycles. The maximum Gasteiger partial charge on any atom is 0.265 e. The predicted molar refractivity (Wildman–Crippen MR) is 63.6 cm³/mol. The predicted octanol–water partition coefficient (Wildman–Crippen LogP) is 1.56. The molecule has 1 N–H and O–H groups in total. The monoisotopic (exact) mass is 323 g/mol. The Labute approximate surface area is 99.9 Å². The smallest absolute Gasteiger partial charge is 0.265 e. The number of amides is 1. The van der Waals surface area contributed by atoms with Gasteiger partial charge in [0.25, 0.3) is 5.91 Å². The molecule has 3 nitrogen and oxygen atoms in total. The third-order valence-electron chi connectivity index (χ3n) is 2.26. The zero-order chi connectivity index (χ0) is 10.1. The molecule has 0 unspecified atom stereocenters. The molecule has 0 aromatic carbocycles. The van der Waals surface area contributed by atoms with Gasteiger partial charge >= 0.3 is 0 Å². The number of halogens is 1. The van der Waals surface area contributed by atoms with E-state index >= 15 is 0 Å². The van der Waals surface area contributed by atoms with Crippen LogP contribution in [0.25, 0.3) is 0 Å². The van der Waals surface area contributed by atoms with Crippen LogP contribution in [0.5, 0.6) is 0 Å². The summed E-state index contributed by atoms with van der Waals surface area (Å²) in [5, 5.41) is 11.2. The molecule has 5 heteroatoms. The number of rotatable bonds is 1. The first kappa shape index (κ1) is 10.4. The SMILES string of the molecule is O=C(c1sccc1I)N1CC[C@@H](O)C1. The van der Waals surface area contributed by atoms with Crippen LogP contribution in [0.1, 0.15) is 16.1 Å². The number of hydrogen-bond acceptors (Lipinski definition) is 3. The molecule has 0 bridgehead atoms. The van der Waals surface area contributed by atoms with Crippen LogP contribution in [0, 0.1) is 3.57 Å². The van der Waals surface area contributed by atoms with Gasteiger partial charge in [-0.2, -0.15) is 0 Å². The minimum absolute atomic E-state index is 0.0564. The highest BCUT2D eigenvalue weighted by Crippen LogP contribution is 2.22. The summed E-state index contributed by atoms with van der Waals surface area (Å²) in [5.41, 5.74) is 0. The first-order valence-electron chi connectivity index (χ1n) is 4.39. The molecule has 76 valence electrons. The summed E-state index contributed by atoms with van der Waals surface area (Å²) in [6.07, 6.45) is 0.366. The van der Waals surface area contributed by atoms with Crippen molar-refractivity contribution in [3.63, 3.8) is 0 Å². The molecule has 1 aromatic heterocycles. The fourth-order valence-electron chi connectivity index (χ4n) is 1.52. The zero-order valence-corrected chi connectivity index (χ0v) is 10.4. The van der Waals surface area contributed by atoms with Crippen LogP contribution in [0.15, 0.2) is 11.4 Å². The van der Waals surface area contributed by atoms with Crippen LogP contribution in [0.4, 0.5) is 0 Å². The number of β-amino-alcohol motifs (C(OH)–C–C–N with tert-alkyl or cyclic N) is 1. The quantitative estimate of drug-likeness (QED) is 0.797. The fourth-order valence-corrected chi connectivity index (χ4v) is 3.30. The van der Waals surface area contributed by atoms with E-state index in [4.69, 9.17) is 0 Å². The Morgan fingerprint density at radius 3 is 3.00 bits per heavy atom. The Bertz CT molecular complexity index is 352. The topological polar surface area (TPSA) is 40.5 Å². The lowest BCUT2D eigenvalue weighted by molar-refractivity contribution is 0.0769. The van der Waals surface area contributed by atoms with Crippen LogP contribution in [-0.2, 0) is 0 Å². The number of thiophene rings is 1. The standard InChI is InChI=1S/C9H10INO2S/c10-7-2-4-14-8(7)9(13)11-3-1-6(12)5-11/h2,4,6,12H,1,3,5H2/t6-/m1/s1. The normalized spacial score (nSPS) is 21.6. The molecule has 1 fully saturated rings. The highest BCUT2D eigenvalue weighted by atomic mass is 127. The lowest BCUT2D eigenvalue weighted by Gasteiger charge is -2.14. The van der Waals surface area contributed by atoms with Gasteiger partial charge in [-0.1, -0.05) is 0 Å². The van der Waals surface area contributed by atoms with E-state index in [1.807, 2.05) is 11.4 Å². The Kier molecular flexibility index (Phi) is 3.08. The van der Waals surface area contributed by atoms with Gasteiger partial charge in [-0.05, 0) is 40.5 Å². The van der Waals surface area contributed by atoms with Gasteiger partial charge in [-0.3, -0.25) is 4.79 Å². The largest absolute Gasteiger partial charge is 0.391 e. The minimum atomic E-state index is -0.337. The molecule has 0 saturated carbocycles. The molecule has 0 aliphatic carbocycles. The number of aliphatic hydroxyl groups is 1. The van der Waals surface area contributed by atoms with Crippen molar-refractivity contribution >= 4 is 39.8 Å². The van der Waals surface area contributed by atoms with Gasteiger partial charge in [-0.25, -0.2) is 0 Å². The second kappa shape index (κ2) is 4.16. The van der Waals surface area contributed by atoms with Crippen molar-refractivity contribution in [2.24, 2.45) is 0 Å². The van der Waals surface area contributed by atoms with Crippen molar-refractivity contribution in [1.82, 2.24) is 4.90 Å². The molecule has 1 amide bonds. The molecule has 0 radical (unpaired) electrons. The van der Waals surface area contributed by atoms with Gasteiger partial charge in [-0.15, -0.1) is 11.3 Å². The summed E-state index contributed by atoms with van der Waals surface area (Å²) in [7, 11) is 0. The van der Waals surface area contributed by atoms with Crippen LogP contribution < -0.4 is 0 Å². The molecule has 1 aromatic rings. The highest BCUT2D eigenvalue weighted by molar-refractivity contribution is 14.1. The van der Waals surface area contributed by atoms with Crippen molar-refractivity contribution in [3.8, 4) is 0 Å². The first-order chi connectivity index (χ1) is 6.68. The van der Waals surface area contributed by atoms with Gasteiger partial charge in [0.2, 0.25) is 0 Å². The Morgan fingerprint density at radius 1 is 1.71 bits per heavy atom. The van der Waals surface area contributed by atoms with Crippen molar-refractivity contribution in [2.45, 2.75) is 12.5 Å². The van der Waals surface area contributed by atoms with E-state index < -0.39 is 0 Å². The van der Waals surface area contributed by atoms with Gasteiger partial charge in [0.05, 0.1) is 6.10 Å². The minimum Gasteiger partial charge on any atom is -0.391 e. The second-order valence-corrected chi connectivity index (χ2v) is 5.37. The highest BCUT2D eigenvalue weighted by Gasteiger charge is 2.26. The maximum absolute atomic E-state index is 11.9. The van der Waals surface area contributed by atoms with Crippen molar-refractivity contribution < 1.29 is 9.90 Å². The lowest BCUT2D eigenvalue weighted by atomic mass is 10.3. The molecule has 1 aliphatic rings. The average molecular weight is 323 g/mol. The van der Waals surface area contributed by atoms with E-state index in [0.717, 1.165) is 8.45 Å². The Morgan fingerprint density at radius 2 is 2.50 bits per heavy atom. The summed E-state index contributed by atoms with van der Waals surface area (Å²) in [4.78, 5) is 14.4. The molecule has 14 heavy (non-hydrogen) atoms. The van der Waals surface area contributed by atoms with Crippen molar-refractivity contribution in [1.29, 1.82) is 0 Å². The van der Waals surface area contributed by atoms with Gasteiger partial charge in [0.1, 0.15) is 4.88 Å². The van der Waals surface area contributed by atoms with Crippen LogP contribution >= 0.6 is 33.9 Å². The third kappa shape index (κ3) is 1.94. The van der Waals surface area contributed by atoms with Gasteiger partial charge < -0.3 is 10.0 Å². The summed E-state index contributed by atoms with van der Waals surface area (Å²) >= 11 is 3.63. The number of aliphatic hydroxyl groups excluding tert-OH is 1. The number of nitrogens with zero attached hydrogens (tertiary/aromatic N) is 1. The Hall–Kier alpha value is -0.140. The molecular weight excluding hydrogens is 313 g/mol. The number of carbonyl (C=O) groups excluding carboxylic acids is 1. The molecule has 1 aliphatic heterocycles. The summed E-state index contributed by atoms with van der Waals surface area (Å²) < 4.78 is 0.999. The Balaban J connectivity index is 2.13. The van der Waals surface area contributed by atoms with Gasteiger partial charge in [0, 0.05) is 16.7 Å². The number of likely N-dealkylation sites (tertiary alicyclic amines) is 1. The third-order valence-corrected chi connectivity index (χ3v) is 4.43. The zero-order valence-electron chi connectivity index (χ0n) is 7.44. The van der Waals surface area contributed by atoms with Crippen LogP contribution in [0.3, 0.4) is 0 Å². The average Bonchev–Trinajstić information content (AvgIpc) is 2.73. The molecule has 1 saturated heterocycles. The number of carbonyl (C=O) groups is 1. The van der Waals surface area contributed by atoms with Crippen LogP contribution in [0.2, 0.25) is 0 Å². The molecule has 1 atom stereocenters. The molecular formula is C9H10INO2S. The summed E-state index contributed by atoms with van der Waals surface area (Å²) in [6, 6.07) is 1.94. The first-order valence-corrected chi connectivity index (χ1v) is 6.34. The van der Waals surface area contributed by atoms with Crippen molar-refractivity contribution in [3.05, 3.63) is 19.9 Å². The van der Waals surface area contributed by atoms with Crippen LogP contribution in [-0.4, -0.2) is 35.1 Å². The number of hydrogen-bond donors (Lipinski definition) is 1. The summed E-state index contributed by atoms with van der Waals surface area (Å²) in [6.45, 7) is 1.15. The molecule has 2 rings (SSSR count). The fraction of sp³-hybridized carbons (Fsp3) is 0.444. The van der Waals surface area contributed by atoms with Gasteiger partial charge in [0.15, 0.2) is 0 Å². The summed E-state index contributed by atoms with van der Waals surface area (Å²) in [5.74, 6) is 0.0564. The lowest BCUT2D eigenvalue weighted by Crippen LogP contribution is -2.29. The molecule has 0 spiro atoms.